The third-order valence-electron chi connectivity index (χ3n) is 6.80. The summed E-state index contributed by atoms with van der Waals surface area (Å²) in [6.45, 7) is 3.98. The molecule has 3 aromatic rings. The van der Waals surface area contributed by atoms with Gasteiger partial charge in [-0.25, -0.2) is 13.4 Å². The fourth-order valence-electron chi connectivity index (χ4n) is 4.91. The first-order valence-electron chi connectivity index (χ1n) is 13.9. The SMILES string of the molecule is CCCOc1c(OCCc2nccs2)cc([C@H]2CC[C@H](c3cc(OC)c(OC)c(OC)c3)O2)cc1S(=O)(=O)CC(C)O. The second-order valence-corrected chi connectivity index (χ2v) is 13.0. The molecule has 1 saturated heterocycles. The number of hydrogen-bond acceptors (Lipinski definition) is 11. The molecule has 10 nitrogen and oxygen atoms in total. The second-order valence-electron chi connectivity index (χ2n) is 10.00. The van der Waals surface area contributed by atoms with Crippen LogP contribution in [0.15, 0.2) is 40.7 Å². The molecule has 2 aromatic carbocycles. The highest BCUT2D eigenvalue weighted by atomic mass is 32.2. The maximum absolute atomic E-state index is 13.5. The molecule has 0 spiro atoms. The molecule has 0 aliphatic carbocycles. The molecule has 0 radical (unpaired) electrons. The largest absolute Gasteiger partial charge is 0.493 e. The minimum atomic E-state index is -3.92. The predicted octanol–water partition coefficient (Wildman–Crippen LogP) is 5.33. The van der Waals surface area contributed by atoms with E-state index in [1.54, 1.807) is 39.7 Å². The predicted molar refractivity (Wildman–Crippen MR) is 159 cm³/mol. The highest BCUT2D eigenvalue weighted by Gasteiger charge is 2.33. The van der Waals surface area contributed by atoms with E-state index in [0.29, 0.717) is 60.9 Å². The molecule has 0 bridgehead atoms. The monoisotopic (exact) mass is 621 g/mol. The molecule has 1 aromatic heterocycles. The van der Waals surface area contributed by atoms with Crippen LogP contribution in [0.1, 0.15) is 61.5 Å². The molecule has 2 heterocycles. The van der Waals surface area contributed by atoms with Crippen molar-refractivity contribution in [1.82, 2.24) is 4.98 Å². The Morgan fingerprint density at radius 1 is 0.952 bits per heavy atom. The average molecular weight is 622 g/mol. The van der Waals surface area contributed by atoms with E-state index in [4.69, 9.17) is 28.4 Å². The molecular formula is C30H39NO9S2. The van der Waals surface area contributed by atoms with Crippen molar-refractivity contribution < 1.29 is 41.9 Å². The number of rotatable bonds is 15. The zero-order valence-electron chi connectivity index (χ0n) is 24.6. The van der Waals surface area contributed by atoms with E-state index in [2.05, 4.69) is 4.98 Å². The molecule has 1 aliphatic rings. The van der Waals surface area contributed by atoms with Gasteiger partial charge in [0.1, 0.15) is 4.90 Å². The molecule has 230 valence electrons. The normalized spacial score (nSPS) is 17.6. The Morgan fingerprint density at radius 3 is 2.14 bits per heavy atom. The number of sulfone groups is 1. The molecule has 42 heavy (non-hydrogen) atoms. The quantitative estimate of drug-likeness (QED) is 0.238. The zero-order valence-corrected chi connectivity index (χ0v) is 26.3. The summed E-state index contributed by atoms with van der Waals surface area (Å²) in [4.78, 5) is 4.28. The Balaban J connectivity index is 1.70. The van der Waals surface area contributed by atoms with Gasteiger partial charge in [-0.15, -0.1) is 11.3 Å². The second kappa shape index (κ2) is 14.4. The van der Waals surface area contributed by atoms with Gasteiger partial charge in [-0.05, 0) is 61.6 Å². The highest BCUT2D eigenvalue weighted by Crippen LogP contribution is 2.48. The van der Waals surface area contributed by atoms with Crippen LogP contribution in [0.3, 0.4) is 0 Å². The van der Waals surface area contributed by atoms with E-state index in [0.717, 1.165) is 10.6 Å². The van der Waals surface area contributed by atoms with Crippen LogP contribution in [-0.4, -0.2) is 64.9 Å². The third-order valence-corrected chi connectivity index (χ3v) is 9.53. The molecule has 1 aliphatic heterocycles. The molecule has 0 amide bonds. The summed E-state index contributed by atoms with van der Waals surface area (Å²) in [7, 11) is 0.753. The van der Waals surface area contributed by atoms with E-state index in [1.807, 2.05) is 24.4 Å². The Morgan fingerprint density at radius 2 is 1.60 bits per heavy atom. The molecule has 1 fully saturated rings. The lowest BCUT2D eigenvalue weighted by atomic mass is 10.0. The van der Waals surface area contributed by atoms with E-state index in [-0.39, 0.29) is 23.4 Å². The van der Waals surface area contributed by atoms with E-state index >= 15 is 0 Å². The minimum absolute atomic E-state index is 0.0153. The third kappa shape index (κ3) is 7.47. The van der Waals surface area contributed by atoms with Crippen molar-refractivity contribution in [2.75, 3.05) is 40.3 Å². The average Bonchev–Trinajstić information content (AvgIpc) is 3.67. The standard InChI is InChI=1S/C30H39NO9S2/c1-6-11-39-30-26(38-12-9-28-31-10-13-41-28)16-21(17-27(30)42(33,34)18-19(2)32)23-8-7-22(40-23)20-14-24(35-3)29(37-5)25(15-20)36-4/h10,13-17,19,22-23,32H,6-9,11-12,18H2,1-5H3/t19?,22-,23-/m1/s1. The first kappa shape index (κ1) is 31.9. The summed E-state index contributed by atoms with van der Waals surface area (Å²) in [6, 6.07) is 7.12. The lowest BCUT2D eigenvalue weighted by Crippen LogP contribution is -2.19. The van der Waals surface area contributed by atoms with Gasteiger partial charge >= 0.3 is 0 Å². The summed E-state index contributed by atoms with van der Waals surface area (Å²) >= 11 is 1.53. The molecule has 4 rings (SSSR count). The number of hydrogen-bond donors (Lipinski definition) is 1. The van der Waals surface area contributed by atoms with Gasteiger partial charge in [0.05, 0.1) is 63.6 Å². The van der Waals surface area contributed by atoms with Crippen LogP contribution in [-0.2, 0) is 21.0 Å². The smallest absolute Gasteiger partial charge is 0.203 e. The van der Waals surface area contributed by atoms with E-state index in [1.165, 1.54) is 18.3 Å². The topological polar surface area (TPSA) is 123 Å². The number of methoxy groups -OCH3 is 3. The highest BCUT2D eigenvalue weighted by molar-refractivity contribution is 7.91. The van der Waals surface area contributed by atoms with Gasteiger partial charge in [0.15, 0.2) is 32.8 Å². The van der Waals surface area contributed by atoms with E-state index < -0.39 is 27.8 Å². The summed E-state index contributed by atoms with van der Waals surface area (Å²) in [5.41, 5.74) is 1.51. The van der Waals surface area contributed by atoms with Crippen LogP contribution < -0.4 is 23.7 Å². The van der Waals surface area contributed by atoms with Crippen molar-refractivity contribution in [2.45, 2.75) is 62.7 Å². The van der Waals surface area contributed by atoms with Gasteiger partial charge in [-0.3, -0.25) is 0 Å². The number of aromatic nitrogens is 1. The lowest BCUT2D eigenvalue weighted by molar-refractivity contribution is 0.0435. The first-order chi connectivity index (χ1) is 20.2. The molecular weight excluding hydrogens is 582 g/mol. The van der Waals surface area contributed by atoms with Crippen molar-refractivity contribution >= 4 is 21.2 Å². The fraction of sp³-hybridized carbons (Fsp3) is 0.500. The van der Waals surface area contributed by atoms with Crippen molar-refractivity contribution in [3.05, 3.63) is 52.0 Å². The van der Waals surface area contributed by atoms with Crippen LogP contribution in [0.5, 0.6) is 28.7 Å². The first-order valence-corrected chi connectivity index (χ1v) is 16.4. The Labute approximate surface area is 251 Å². The molecule has 12 heteroatoms. The van der Waals surface area contributed by atoms with Crippen molar-refractivity contribution in [2.24, 2.45) is 0 Å². The van der Waals surface area contributed by atoms with Gasteiger partial charge in [-0.2, -0.15) is 0 Å². The Kier molecular flexibility index (Phi) is 10.9. The van der Waals surface area contributed by atoms with Gasteiger partial charge in [0, 0.05) is 18.0 Å². The summed E-state index contributed by atoms with van der Waals surface area (Å²) in [5.74, 6) is 1.57. The molecule has 0 saturated carbocycles. The van der Waals surface area contributed by atoms with Crippen LogP contribution in [0.2, 0.25) is 0 Å². The number of nitrogens with zero attached hydrogens (tertiary/aromatic N) is 1. The number of benzene rings is 2. The number of aliphatic hydroxyl groups excluding tert-OH is 1. The van der Waals surface area contributed by atoms with Crippen LogP contribution in [0, 0.1) is 0 Å². The fourth-order valence-corrected chi connectivity index (χ4v) is 7.09. The van der Waals surface area contributed by atoms with Gasteiger partial charge in [-0.1, -0.05) is 6.92 Å². The van der Waals surface area contributed by atoms with Crippen LogP contribution in [0.25, 0.3) is 0 Å². The Bertz CT molecular complexity index is 1400. The molecule has 3 atom stereocenters. The number of ether oxygens (including phenoxy) is 6. The van der Waals surface area contributed by atoms with Crippen molar-refractivity contribution in [3.63, 3.8) is 0 Å². The maximum atomic E-state index is 13.5. The van der Waals surface area contributed by atoms with Crippen LogP contribution >= 0.6 is 11.3 Å². The molecule has 1 N–H and O–H groups in total. The lowest BCUT2D eigenvalue weighted by Gasteiger charge is -2.21. The summed E-state index contributed by atoms with van der Waals surface area (Å²) < 4.78 is 62.1. The number of aliphatic hydroxyl groups is 1. The minimum Gasteiger partial charge on any atom is -0.493 e. The maximum Gasteiger partial charge on any atom is 0.203 e. The summed E-state index contributed by atoms with van der Waals surface area (Å²) in [5, 5.41) is 12.8. The summed E-state index contributed by atoms with van der Waals surface area (Å²) in [6.07, 6.45) is 2.56. The van der Waals surface area contributed by atoms with Gasteiger partial charge in [0.25, 0.3) is 0 Å². The van der Waals surface area contributed by atoms with Gasteiger partial charge < -0.3 is 33.5 Å². The van der Waals surface area contributed by atoms with Crippen molar-refractivity contribution in [1.29, 1.82) is 0 Å². The number of thiazole rings is 1. The van der Waals surface area contributed by atoms with E-state index in [9.17, 15) is 13.5 Å². The molecule has 1 unspecified atom stereocenters. The van der Waals surface area contributed by atoms with Crippen molar-refractivity contribution in [3.8, 4) is 28.7 Å². The zero-order chi connectivity index (χ0) is 30.3. The van der Waals surface area contributed by atoms with Gasteiger partial charge in [0.2, 0.25) is 5.75 Å². The van der Waals surface area contributed by atoms with Crippen LogP contribution in [0.4, 0.5) is 0 Å². The Hall–Kier alpha value is -3.06.